The third kappa shape index (κ3) is 2.70. The van der Waals surface area contributed by atoms with E-state index in [9.17, 15) is 4.79 Å². The van der Waals surface area contributed by atoms with Crippen molar-refractivity contribution in [1.82, 2.24) is 15.0 Å². The highest BCUT2D eigenvalue weighted by molar-refractivity contribution is 9.08. The highest BCUT2D eigenvalue weighted by Crippen LogP contribution is 2.21. The van der Waals surface area contributed by atoms with E-state index in [1.54, 1.807) is 6.07 Å². The zero-order valence-corrected chi connectivity index (χ0v) is 11.2. The van der Waals surface area contributed by atoms with Crippen molar-refractivity contribution in [3.8, 4) is 0 Å². The third-order valence-electron chi connectivity index (χ3n) is 2.00. The number of aromatic nitrogens is 3. The highest BCUT2D eigenvalue weighted by Gasteiger charge is 2.10. The van der Waals surface area contributed by atoms with E-state index in [2.05, 4.69) is 36.2 Å². The minimum Gasteiger partial charge on any atom is -0.309 e. The molecule has 7 heteroatoms. The smallest absolute Gasteiger partial charge is 0.225 e. The molecule has 2 aromatic rings. The molecular formula is C10H8BrClN4O. The number of rotatable bonds is 2. The fraction of sp³-hybridized carbons (Fsp3) is 0.200. The fourth-order valence-corrected chi connectivity index (χ4v) is 1.84. The van der Waals surface area contributed by atoms with Crippen LogP contribution in [-0.2, 0) is 10.1 Å². The van der Waals surface area contributed by atoms with E-state index in [1.807, 2.05) is 6.07 Å². The van der Waals surface area contributed by atoms with Gasteiger partial charge >= 0.3 is 0 Å². The topological polar surface area (TPSA) is 67.8 Å². The maximum Gasteiger partial charge on any atom is 0.225 e. The van der Waals surface area contributed by atoms with Crippen LogP contribution in [0.4, 0.5) is 5.82 Å². The second-order valence-corrected chi connectivity index (χ2v) is 4.23. The standard InChI is InChI=1S/C10H8BrClN4O/c1-5(17)13-9-8-7(15-10(12)16-9)3-2-6(4-11)14-8/h2-3H,4H2,1H3,(H,13,15,16,17). The Morgan fingerprint density at radius 3 is 2.82 bits per heavy atom. The molecule has 0 aliphatic carbocycles. The molecule has 0 bridgehead atoms. The van der Waals surface area contributed by atoms with Crippen molar-refractivity contribution in [2.24, 2.45) is 0 Å². The number of pyridine rings is 1. The lowest BCUT2D eigenvalue weighted by molar-refractivity contribution is -0.114. The van der Waals surface area contributed by atoms with E-state index in [-0.39, 0.29) is 11.2 Å². The zero-order chi connectivity index (χ0) is 12.4. The molecule has 88 valence electrons. The summed E-state index contributed by atoms with van der Waals surface area (Å²) >= 11 is 9.09. The summed E-state index contributed by atoms with van der Waals surface area (Å²) in [7, 11) is 0. The number of hydrogen-bond acceptors (Lipinski definition) is 4. The number of fused-ring (bicyclic) bond motifs is 1. The molecule has 2 rings (SSSR count). The van der Waals surface area contributed by atoms with Gasteiger partial charge in [-0.1, -0.05) is 15.9 Å². The Kier molecular flexibility index (Phi) is 3.54. The molecule has 0 aliphatic heterocycles. The van der Waals surface area contributed by atoms with Crippen LogP contribution in [-0.4, -0.2) is 20.9 Å². The van der Waals surface area contributed by atoms with Gasteiger partial charge < -0.3 is 5.32 Å². The van der Waals surface area contributed by atoms with Gasteiger partial charge in [0.1, 0.15) is 5.52 Å². The normalized spacial score (nSPS) is 10.5. The lowest BCUT2D eigenvalue weighted by atomic mass is 10.3. The zero-order valence-electron chi connectivity index (χ0n) is 8.87. The van der Waals surface area contributed by atoms with Gasteiger partial charge in [-0.2, -0.15) is 4.98 Å². The second-order valence-electron chi connectivity index (χ2n) is 3.33. The Morgan fingerprint density at radius 2 is 2.18 bits per heavy atom. The SMILES string of the molecule is CC(=O)Nc1nc(Cl)nc2ccc(CBr)nc12. The predicted octanol–water partition coefficient (Wildman–Crippen LogP) is 2.53. The molecule has 0 unspecified atom stereocenters. The molecule has 0 aliphatic rings. The first kappa shape index (κ1) is 12.2. The van der Waals surface area contributed by atoms with Crippen LogP contribution < -0.4 is 5.32 Å². The van der Waals surface area contributed by atoms with Crippen molar-refractivity contribution in [3.63, 3.8) is 0 Å². The van der Waals surface area contributed by atoms with E-state index in [0.717, 1.165) is 5.69 Å². The molecule has 0 aromatic carbocycles. The summed E-state index contributed by atoms with van der Waals surface area (Å²) in [4.78, 5) is 23.4. The molecule has 17 heavy (non-hydrogen) atoms. The van der Waals surface area contributed by atoms with Gasteiger partial charge in [-0.05, 0) is 23.7 Å². The molecule has 1 N–H and O–H groups in total. The lowest BCUT2D eigenvalue weighted by Crippen LogP contribution is -2.09. The number of carbonyl (C=O) groups is 1. The maximum absolute atomic E-state index is 11.1. The molecule has 0 atom stereocenters. The van der Waals surface area contributed by atoms with E-state index >= 15 is 0 Å². The number of amides is 1. The van der Waals surface area contributed by atoms with Crippen molar-refractivity contribution in [3.05, 3.63) is 23.1 Å². The molecule has 0 saturated heterocycles. The largest absolute Gasteiger partial charge is 0.309 e. The Hall–Kier alpha value is -1.27. The first-order valence-corrected chi connectivity index (χ1v) is 6.27. The van der Waals surface area contributed by atoms with Crippen LogP contribution in [0.1, 0.15) is 12.6 Å². The summed E-state index contributed by atoms with van der Waals surface area (Å²) in [5, 5.41) is 3.28. The van der Waals surface area contributed by atoms with Crippen molar-refractivity contribution >= 4 is 50.3 Å². The van der Waals surface area contributed by atoms with Gasteiger partial charge in [0.05, 0.1) is 11.2 Å². The van der Waals surface area contributed by atoms with E-state index < -0.39 is 0 Å². The van der Waals surface area contributed by atoms with Gasteiger partial charge in [-0.15, -0.1) is 0 Å². The van der Waals surface area contributed by atoms with Gasteiger partial charge in [0, 0.05) is 12.3 Å². The summed E-state index contributed by atoms with van der Waals surface area (Å²) in [6.07, 6.45) is 0. The lowest BCUT2D eigenvalue weighted by Gasteiger charge is -2.06. The molecule has 5 nitrogen and oxygen atoms in total. The molecular weight excluding hydrogens is 307 g/mol. The fourth-order valence-electron chi connectivity index (χ4n) is 1.35. The minimum absolute atomic E-state index is 0.0784. The minimum atomic E-state index is -0.230. The summed E-state index contributed by atoms with van der Waals surface area (Å²) < 4.78 is 0. The molecule has 2 heterocycles. The Bertz CT molecular complexity index is 590. The number of carbonyl (C=O) groups excluding carboxylic acids is 1. The van der Waals surface area contributed by atoms with Crippen molar-refractivity contribution < 1.29 is 4.79 Å². The number of anilines is 1. The predicted molar refractivity (Wildman–Crippen MR) is 69.3 cm³/mol. The first-order chi connectivity index (χ1) is 8.10. The summed E-state index contributed by atoms with van der Waals surface area (Å²) in [6, 6.07) is 3.62. The summed E-state index contributed by atoms with van der Waals surface area (Å²) in [5.74, 6) is 0.0995. The van der Waals surface area contributed by atoms with E-state index in [1.165, 1.54) is 6.92 Å². The Balaban J connectivity index is 2.65. The van der Waals surface area contributed by atoms with Crippen LogP contribution in [0.5, 0.6) is 0 Å². The summed E-state index contributed by atoms with van der Waals surface area (Å²) in [6.45, 7) is 1.40. The van der Waals surface area contributed by atoms with Gasteiger partial charge in [0.15, 0.2) is 5.82 Å². The van der Waals surface area contributed by atoms with Crippen molar-refractivity contribution in [2.75, 3.05) is 5.32 Å². The van der Waals surface area contributed by atoms with Crippen LogP contribution in [0.25, 0.3) is 11.0 Å². The third-order valence-corrected chi connectivity index (χ3v) is 2.75. The number of hydrogen-bond donors (Lipinski definition) is 1. The van der Waals surface area contributed by atoms with Crippen LogP contribution >= 0.6 is 27.5 Å². The van der Waals surface area contributed by atoms with Crippen LogP contribution in [0, 0.1) is 0 Å². The van der Waals surface area contributed by atoms with Crippen LogP contribution in [0.2, 0.25) is 5.28 Å². The van der Waals surface area contributed by atoms with Gasteiger partial charge in [-0.25, -0.2) is 9.97 Å². The van der Waals surface area contributed by atoms with Gasteiger partial charge in [0.2, 0.25) is 11.2 Å². The Morgan fingerprint density at radius 1 is 1.41 bits per heavy atom. The first-order valence-electron chi connectivity index (χ1n) is 4.77. The second kappa shape index (κ2) is 4.93. The van der Waals surface area contributed by atoms with Crippen LogP contribution in [0.15, 0.2) is 12.1 Å². The average molecular weight is 316 g/mol. The molecule has 2 aromatic heterocycles. The molecule has 1 amide bonds. The number of nitrogens with zero attached hydrogens (tertiary/aromatic N) is 3. The quantitative estimate of drug-likeness (QED) is 0.683. The Labute approximate surface area is 111 Å². The van der Waals surface area contributed by atoms with Crippen molar-refractivity contribution in [1.29, 1.82) is 0 Å². The average Bonchev–Trinajstić information content (AvgIpc) is 2.27. The number of nitrogens with one attached hydrogen (secondary N) is 1. The molecule has 0 fully saturated rings. The van der Waals surface area contributed by atoms with Gasteiger partial charge in [0.25, 0.3) is 0 Å². The van der Waals surface area contributed by atoms with Crippen molar-refractivity contribution in [2.45, 2.75) is 12.3 Å². The molecule has 0 radical (unpaired) electrons. The summed E-state index contributed by atoms with van der Waals surface area (Å²) in [5.41, 5.74) is 1.95. The molecule has 0 spiro atoms. The van der Waals surface area contributed by atoms with E-state index in [0.29, 0.717) is 22.2 Å². The molecule has 0 saturated carbocycles. The van der Waals surface area contributed by atoms with E-state index in [4.69, 9.17) is 11.6 Å². The van der Waals surface area contributed by atoms with Gasteiger partial charge in [-0.3, -0.25) is 4.79 Å². The maximum atomic E-state index is 11.1. The number of halogens is 2. The van der Waals surface area contributed by atoms with Crippen LogP contribution in [0.3, 0.4) is 0 Å². The highest BCUT2D eigenvalue weighted by atomic mass is 79.9. The number of alkyl halides is 1. The monoisotopic (exact) mass is 314 g/mol.